The third-order valence-corrected chi connectivity index (χ3v) is 18.0. The van der Waals surface area contributed by atoms with E-state index in [0.29, 0.717) is 59.9 Å². The summed E-state index contributed by atoms with van der Waals surface area (Å²) >= 11 is 0. The smallest absolute Gasteiger partial charge is 0.404 e. The van der Waals surface area contributed by atoms with Gasteiger partial charge in [-0.15, -0.1) is 0 Å². The molecule has 25 heteroatoms. The van der Waals surface area contributed by atoms with Crippen molar-refractivity contribution >= 4 is 71.8 Å². The van der Waals surface area contributed by atoms with Gasteiger partial charge in [-0.3, -0.25) is 48.2 Å². The van der Waals surface area contributed by atoms with Gasteiger partial charge in [0.25, 0.3) is 11.8 Å². The van der Waals surface area contributed by atoms with Gasteiger partial charge in [-0.25, -0.2) is 4.79 Å². The van der Waals surface area contributed by atoms with Crippen molar-refractivity contribution in [1.29, 1.82) is 0 Å². The molecule has 5 heterocycles. The number of alkyl halides is 2. The monoisotopic (exact) mass is 1220 g/mol. The van der Waals surface area contributed by atoms with E-state index in [1.807, 2.05) is 36.4 Å². The minimum absolute atomic E-state index is 0.0763. The second-order valence-corrected chi connectivity index (χ2v) is 23.6. The molecule has 22 nitrogen and oxygen atoms in total. The molecule has 4 aromatic carbocycles. The Hall–Kier alpha value is -8.78. The highest BCUT2D eigenvalue weighted by Crippen LogP contribution is 2.67. The molecule has 9 rings (SSSR count). The van der Waals surface area contributed by atoms with E-state index in [2.05, 4.69) is 38.1 Å². The summed E-state index contributed by atoms with van der Waals surface area (Å²) in [5.74, 6) is 1.77. The topological polar surface area (TPSA) is 298 Å². The molecule has 5 atom stereocenters. The van der Waals surface area contributed by atoms with Crippen LogP contribution in [-0.4, -0.2) is 136 Å². The van der Waals surface area contributed by atoms with Gasteiger partial charge in [-0.05, 0) is 99.4 Å². The zero-order chi connectivity index (χ0) is 62.0. The number of aromatic nitrogens is 1. The van der Waals surface area contributed by atoms with Gasteiger partial charge in [0, 0.05) is 72.5 Å². The van der Waals surface area contributed by atoms with Crippen molar-refractivity contribution in [2.75, 3.05) is 32.9 Å². The Bertz CT molecular complexity index is 3510. The number of carbonyl (C=O) groups excluding carboxylic acids is 9. The van der Waals surface area contributed by atoms with Crippen molar-refractivity contribution < 1.29 is 70.3 Å². The van der Waals surface area contributed by atoms with Crippen molar-refractivity contribution in [1.82, 2.24) is 41.0 Å². The average Bonchev–Trinajstić information content (AvgIpc) is 1.91. The molecule has 0 spiro atoms. The van der Waals surface area contributed by atoms with E-state index in [4.69, 9.17) is 19.5 Å². The van der Waals surface area contributed by atoms with Crippen LogP contribution in [0.2, 0.25) is 0 Å². The first-order valence-electron chi connectivity index (χ1n) is 29.0. The summed E-state index contributed by atoms with van der Waals surface area (Å²) in [6.45, 7) is 1.49. The lowest BCUT2D eigenvalue weighted by molar-refractivity contribution is -0.146. The van der Waals surface area contributed by atoms with Crippen molar-refractivity contribution in [3.8, 4) is 11.8 Å². The van der Waals surface area contributed by atoms with Crippen molar-refractivity contribution in [2.45, 2.75) is 127 Å². The SMILES string of the molecule is CCOP(=O)(OCC)C(F)(F)c1ccc2[nH]c(C(=O)N[C@H]3CN(C(=O)CCCCCC#Cc4cccc5c4CN(C4CCC(=O)NC4=O)C5=O)CC[C@H]4CC[C@@H](C(=O)N[C@@H](COC(N)=O)C(=O)NC(c5ccccc5)c5ccccc5)N4C3=O)cc2c1. The van der Waals surface area contributed by atoms with Crippen LogP contribution in [0.5, 0.6) is 0 Å². The van der Waals surface area contributed by atoms with Gasteiger partial charge in [0.15, 0.2) is 0 Å². The Labute approximate surface area is 500 Å². The van der Waals surface area contributed by atoms with Crippen molar-refractivity contribution in [2.24, 2.45) is 5.73 Å². The zero-order valence-electron chi connectivity index (χ0n) is 48.0. The van der Waals surface area contributed by atoms with E-state index >= 15 is 13.6 Å². The van der Waals surface area contributed by atoms with Crippen molar-refractivity contribution in [3.63, 3.8) is 0 Å². The fourth-order valence-electron chi connectivity index (χ4n) is 11.5. The first-order chi connectivity index (χ1) is 41.8. The number of aromatic amines is 1. The summed E-state index contributed by atoms with van der Waals surface area (Å²) in [4.78, 5) is 129. The van der Waals surface area contributed by atoms with E-state index in [9.17, 15) is 42.9 Å². The number of carbonyl (C=O) groups is 9. The third kappa shape index (κ3) is 14.2. The van der Waals surface area contributed by atoms with Crippen LogP contribution in [0.1, 0.15) is 133 Å². The molecule has 87 heavy (non-hydrogen) atoms. The fourth-order valence-corrected chi connectivity index (χ4v) is 13.1. The van der Waals surface area contributed by atoms with Crippen LogP contribution >= 0.6 is 7.60 Å². The number of H-pyrrole nitrogens is 1. The highest BCUT2D eigenvalue weighted by molar-refractivity contribution is 7.54. The standard InChI is InChI=1S/C62H68F2N9O13P/c1-3-85-87(83,86-4-2)62(63,64)42-25-27-46-41(33-42)34-47(66-46)55(76)67-48-36-71(53(75)24-15-7-5-6-10-17-38-22-16-23-44-45(38)35-72(59(44)80)50-29-30-52(74)69-57(50)78)32-31-43-26-28-51(73(43)60(48)81)58(79)68-49(37-84-61(65)82)56(77)70-54(39-18-11-8-12-19-39)40-20-13-9-14-21-40/h8-9,11-14,16,18-23,25,27,33-34,43,48-51,54,66H,3-7,15,24,26,28-32,35-37H2,1-2H3,(H2,65,82)(H,67,76)(H,68,79)(H,70,77)(H,69,74,78)/t43-,48+,49+,50?,51+/m1/s1. The molecule has 0 aliphatic carbocycles. The largest absolute Gasteiger partial charge is 0.447 e. The third-order valence-electron chi connectivity index (χ3n) is 15.9. The van der Waals surface area contributed by atoms with Crippen molar-refractivity contribution in [3.05, 3.63) is 142 Å². The minimum atomic E-state index is -5.00. The maximum absolute atomic E-state index is 15.9. The number of amides is 9. The summed E-state index contributed by atoms with van der Waals surface area (Å²) < 4.78 is 60.1. The van der Waals surface area contributed by atoms with Crippen LogP contribution in [0.25, 0.3) is 10.9 Å². The number of halogens is 2. The molecule has 4 aliphatic rings. The van der Waals surface area contributed by atoms with Crippen LogP contribution in [0.3, 0.4) is 0 Å². The molecule has 1 unspecified atom stereocenters. The molecule has 7 N–H and O–H groups in total. The summed E-state index contributed by atoms with van der Waals surface area (Å²) in [6, 6.07) is 21.7. The van der Waals surface area contributed by atoms with E-state index in [0.717, 1.165) is 12.1 Å². The van der Waals surface area contributed by atoms with Crippen LogP contribution in [-0.2, 0) is 59.3 Å². The van der Waals surface area contributed by atoms with Gasteiger partial charge in [0.2, 0.25) is 35.4 Å². The highest BCUT2D eigenvalue weighted by Gasteiger charge is 2.55. The van der Waals surface area contributed by atoms with E-state index in [-0.39, 0.29) is 99.3 Å². The number of benzene rings is 4. The van der Waals surface area contributed by atoms with Crippen LogP contribution in [0.15, 0.2) is 103 Å². The Morgan fingerprint density at radius 1 is 0.839 bits per heavy atom. The number of hydrogen-bond donors (Lipinski definition) is 6. The molecular formula is C62H68F2N9O13P. The number of hydrogen-bond acceptors (Lipinski definition) is 13. The van der Waals surface area contributed by atoms with Gasteiger partial charge in [0.05, 0.1) is 19.3 Å². The van der Waals surface area contributed by atoms with Gasteiger partial charge < -0.3 is 55.2 Å². The Morgan fingerprint density at radius 2 is 1.55 bits per heavy atom. The number of ether oxygens (including phenoxy) is 1. The average molecular weight is 1220 g/mol. The van der Waals surface area contributed by atoms with Crippen LogP contribution < -0.4 is 27.0 Å². The second kappa shape index (κ2) is 27.7. The number of imide groups is 1. The molecule has 9 amide bonds. The summed E-state index contributed by atoms with van der Waals surface area (Å²) in [7, 11) is -5.00. The molecule has 458 valence electrons. The van der Waals surface area contributed by atoms with E-state index in [1.165, 1.54) is 40.7 Å². The van der Waals surface area contributed by atoms with Gasteiger partial charge >= 0.3 is 19.4 Å². The Balaban J connectivity index is 0.902. The molecule has 0 radical (unpaired) electrons. The van der Waals surface area contributed by atoms with Crippen LogP contribution in [0, 0.1) is 11.8 Å². The van der Waals surface area contributed by atoms with Crippen LogP contribution in [0.4, 0.5) is 13.6 Å². The lowest BCUT2D eigenvalue weighted by Crippen LogP contribution is -2.62. The molecule has 5 aromatic rings. The number of rotatable bonds is 22. The highest BCUT2D eigenvalue weighted by atomic mass is 31.2. The number of nitrogens with zero attached hydrogens (tertiary/aromatic N) is 3. The number of unbranched alkanes of at least 4 members (excludes halogenated alkanes) is 3. The number of primary amides is 1. The number of nitrogens with one attached hydrogen (secondary N) is 5. The zero-order valence-corrected chi connectivity index (χ0v) is 48.9. The lowest BCUT2D eigenvalue weighted by atomic mass is 9.98. The molecule has 1 aromatic heterocycles. The fraction of sp³-hybridized carbons (Fsp3) is 0.403. The maximum atomic E-state index is 15.9. The summed E-state index contributed by atoms with van der Waals surface area (Å²) in [5.41, 5.74) is 3.88. The molecule has 4 aliphatic heterocycles. The normalized spacial score (nSPS) is 19.1. The second-order valence-electron chi connectivity index (χ2n) is 21.6. The first-order valence-corrected chi connectivity index (χ1v) is 30.5. The quantitative estimate of drug-likeness (QED) is 0.0189. The summed E-state index contributed by atoms with van der Waals surface area (Å²) in [5, 5.41) is 10.8. The number of fused-ring (bicyclic) bond motifs is 3. The Morgan fingerprint density at radius 3 is 2.23 bits per heavy atom. The Kier molecular flexibility index (Phi) is 20.0. The number of nitrogens with two attached hydrogens (primary N) is 1. The van der Waals surface area contributed by atoms with E-state index < -0.39 is 97.3 Å². The van der Waals surface area contributed by atoms with Gasteiger partial charge in [0.1, 0.15) is 36.5 Å². The molecule has 0 bridgehead atoms. The molecule has 3 saturated heterocycles. The molecule has 3 fully saturated rings. The minimum Gasteiger partial charge on any atom is -0.447 e. The molecular weight excluding hydrogens is 1150 g/mol. The van der Waals surface area contributed by atoms with Gasteiger partial charge in [-0.2, -0.15) is 8.78 Å². The predicted molar refractivity (Wildman–Crippen MR) is 312 cm³/mol. The number of piperidine rings is 1. The summed E-state index contributed by atoms with van der Waals surface area (Å²) in [6.07, 6.45) is 2.02. The van der Waals surface area contributed by atoms with E-state index in [1.54, 1.807) is 42.5 Å². The maximum Gasteiger partial charge on any atom is 0.404 e. The van der Waals surface area contributed by atoms with Gasteiger partial charge in [-0.1, -0.05) is 91.1 Å². The molecule has 0 saturated carbocycles. The first kappa shape index (κ1) is 62.7. The predicted octanol–water partition coefficient (Wildman–Crippen LogP) is 6.42. The lowest BCUT2D eigenvalue weighted by Gasteiger charge is -2.39.